The summed E-state index contributed by atoms with van der Waals surface area (Å²) < 4.78 is 0. The normalized spacial score (nSPS) is 13.6. The van der Waals surface area contributed by atoms with Gasteiger partial charge in [0.05, 0.1) is 13.1 Å². The summed E-state index contributed by atoms with van der Waals surface area (Å²) in [7, 11) is 0. The van der Waals surface area contributed by atoms with E-state index >= 15 is 0 Å². The van der Waals surface area contributed by atoms with Crippen LogP contribution in [0.3, 0.4) is 0 Å². The Kier molecular flexibility index (Phi) is 5.49. The molecule has 0 unspecified atom stereocenters. The molecule has 2 aromatic rings. The van der Waals surface area contributed by atoms with Crippen molar-refractivity contribution in [2.24, 2.45) is 0 Å². The van der Waals surface area contributed by atoms with Crippen LogP contribution < -0.4 is 17.3 Å². The van der Waals surface area contributed by atoms with Gasteiger partial charge >= 0.3 is 0 Å². The molecule has 0 heterocycles. The van der Waals surface area contributed by atoms with Crippen LogP contribution in [0.2, 0.25) is 0 Å². The molecule has 0 aromatic heterocycles. The lowest BCUT2D eigenvalue weighted by Crippen LogP contribution is -3.11. The highest BCUT2D eigenvalue weighted by Gasteiger charge is 2.39. The van der Waals surface area contributed by atoms with Gasteiger partial charge in [0.15, 0.2) is 5.60 Å². The van der Waals surface area contributed by atoms with Crippen molar-refractivity contribution >= 4 is 0 Å². The van der Waals surface area contributed by atoms with Gasteiger partial charge in [-0.05, 0) is 30.9 Å². The van der Waals surface area contributed by atoms with Gasteiger partial charge in [0.2, 0.25) is 0 Å². The Morgan fingerprint density at radius 3 is 1.87 bits per heavy atom. The molecular formula is C20H22ClNO. The van der Waals surface area contributed by atoms with Gasteiger partial charge in [-0.3, -0.25) is 0 Å². The van der Waals surface area contributed by atoms with Crippen molar-refractivity contribution in [2.75, 3.05) is 19.6 Å². The first-order chi connectivity index (χ1) is 10.7. The van der Waals surface area contributed by atoms with E-state index in [1.807, 2.05) is 36.4 Å². The molecule has 2 aromatic carbocycles. The Balaban J connectivity index is 0.00000192. The molecule has 3 heteroatoms. The number of fused-ring (bicyclic) bond motifs is 3. The van der Waals surface area contributed by atoms with Crippen LogP contribution in [0, 0.1) is 11.8 Å². The SMILES string of the molecule is CC[NH+](CC)CC#CC1(O)c2ccccc2-c2ccccc21.[Cl-]. The fourth-order valence-corrected chi connectivity index (χ4v) is 3.14. The highest BCUT2D eigenvalue weighted by atomic mass is 35.5. The van der Waals surface area contributed by atoms with Gasteiger partial charge in [0.25, 0.3) is 0 Å². The van der Waals surface area contributed by atoms with Gasteiger partial charge in [-0.15, -0.1) is 0 Å². The number of quaternary nitrogens is 1. The average Bonchev–Trinajstić information content (AvgIpc) is 2.82. The Bertz CT molecular complexity index is 695. The fraction of sp³-hybridized carbons (Fsp3) is 0.300. The summed E-state index contributed by atoms with van der Waals surface area (Å²) in [5, 5.41) is 11.3. The Morgan fingerprint density at radius 1 is 0.913 bits per heavy atom. The Labute approximate surface area is 144 Å². The molecule has 0 radical (unpaired) electrons. The van der Waals surface area contributed by atoms with Crippen LogP contribution >= 0.6 is 0 Å². The molecule has 0 amide bonds. The first kappa shape index (κ1) is 17.6. The fourth-order valence-electron chi connectivity index (χ4n) is 3.14. The quantitative estimate of drug-likeness (QED) is 0.683. The third-order valence-electron chi connectivity index (χ3n) is 4.53. The van der Waals surface area contributed by atoms with E-state index in [-0.39, 0.29) is 12.4 Å². The van der Waals surface area contributed by atoms with E-state index in [1.165, 1.54) is 4.90 Å². The lowest BCUT2D eigenvalue weighted by molar-refractivity contribution is -0.889. The van der Waals surface area contributed by atoms with Gasteiger partial charge in [-0.1, -0.05) is 54.5 Å². The van der Waals surface area contributed by atoms with E-state index < -0.39 is 5.60 Å². The van der Waals surface area contributed by atoms with E-state index in [4.69, 9.17) is 0 Å². The second-order valence-electron chi connectivity index (χ2n) is 5.74. The number of halogens is 1. The molecule has 0 bridgehead atoms. The van der Waals surface area contributed by atoms with Gasteiger partial charge in [-0.2, -0.15) is 0 Å². The molecule has 0 aliphatic heterocycles. The maximum Gasteiger partial charge on any atom is 0.178 e. The minimum absolute atomic E-state index is 0. The van der Waals surface area contributed by atoms with Crippen molar-refractivity contribution in [1.29, 1.82) is 0 Å². The van der Waals surface area contributed by atoms with Gasteiger partial charge < -0.3 is 22.4 Å². The molecule has 0 atom stereocenters. The number of aliphatic hydroxyl groups is 1. The van der Waals surface area contributed by atoms with Crippen molar-refractivity contribution in [3.63, 3.8) is 0 Å². The third kappa shape index (κ3) is 3.01. The van der Waals surface area contributed by atoms with E-state index in [9.17, 15) is 5.11 Å². The molecule has 0 spiro atoms. The lowest BCUT2D eigenvalue weighted by Gasteiger charge is -2.19. The average molecular weight is 328 g/mol. The summed E-state index contributed by atoms with van der Waals surface area (Å²) in [6.45, 7) is 7.19. The maximum absolute atomic E-state index is 11.3. The lowest BCUT2D eigenvalue weighted by atomic mass is 9.92. The standard InChI is InChI=1S/C20H21NO.ClH/c1-3-21(4-2)15-9-14-20(22)18-12-7-5-10-16(18)17-11-6-8-13-19(17)20;/h5-8,10-13,22H,3-4,15H2,1-2H3;1H. The highest BCUT2D eigenvalue weighted by Crippen LogP contribution is 2.46. The van der Waals surface area contributed by atoms with E-state index in [0.717, 1.165) is 41.9 Å². The van der Waals surface area contributed by atoms with Crippen LogP contribution in [0.25, 0.3) is 11.1 Å². The van der Waals surface area contributed by atoms with Crippen LogP contribution in [0.15, 0.2) is 48.5 Å². The van der Waals surface area contributed by atoms with Crippen molar-refractivity contribution < 1.29 is 22.4 Å². The second kappa shape index (κ2) is 7.19. The van der Waals surface area contributed by atoms with Gasteiger partial charge in [0, 0.05) is 11.1 Å². The van der Waals surface area contributed by atoms with Crippen molar-refractivity contribution in [1.82, 2.24) is 0 Å². The summed E-state index contributed by atoms with van der Waals surface area (Å²) in [4.78, 5) is 1.43. The van der Waals surface area contributed by atoms with E-state index in [1.54, 1.807) is 0 Å². The predicted octanol–water partition coefficient (Wildman–Crippen LogP) is -1.16. The molecule has 0 fully saturated rings. The van der Waals surface area contributed by atoms with Crippen molar-refractivity contribution in [2.45, 2.75) is 19.4 Å². The molecule has 1 aliphatic carbocycles. The number of rotatable bonds is 3. The number of hydrogen-bond donors (Lipinski definition) is 2. The topological polar surface area (TPSA) is 24.7 Å². The van der Waals surface area contributed by atoms with Crippen LogP contribution in [-0.2, 0) is 5.60 Å². The van der Waals surface area contributed by atoms with Gasteiger partial charge in [-0.25, -0.2) is 0 Å². The molecule has 1 aliphatic rings. The smallest absolute Gasteiger partial charge is 0.178 e. The first-order valence-electron chi connectivity index (χ1n) is 7.96. The van der Waals surface area contributed by atoms with Crippen LogP contribution in [0.4, 0.5) is 0 Å². The number of benzene rings is 2. The first-order valence-corrected chi connectivity index (χ1v) is 7.96. The monoisotopic (exact) mass is 327 g/mol. The minimum atomic E-state index is -1.18. The van der Waals surface area contributed by atoms with E-state index in [0.29, 0.717) is 0 Å². The number of nitrogens with one attached hydrogen (secondary N) is 1. The van der Waals surface area contributed by atoms with Crippen LogP contribution in [0.5, 0.6) is 0 Å². The van der Waals surface area contributed by atoms with Gasteiger partial charge in [0.1, 0.15) is 6.54 Å². The summed E-state index contributed by atoms with van der Waals surface area (Å²) in [6, 6.07) is 16.0. The van der Waals surface area contributed by atoms with Crippen LogP contribution in [0.1, 0.15) is 25.0 Å². The molecule has 0 saturated heterocycles. The summed E-state index contributed by atoms with van der Waals surface area (Å²) in [6.07, 6.45) is 0. The number of hydrogen-bond acceptors (Lipinski definition) is 1. The summed E-state index contributed by atoms with van der Waals surface area (Å²) >= 11 is 0. The predicted molar refractivity (Wildman–Crippen MR) is 89.6 cm³/mol. The van der Waals surface area contributed by atoms with Crippen LogP contribution in [-0.4, -0.2) is 24.7 Å². The Morgan fingerprint density at radius 2 is 1.39 bits per heavy atom. The minimum Gasteiger partial charge on any atom is -1.00 e. The second-order valence-corrected chi connectivity index (χ2v) is 5.74. The summed E-state index contributed by atoms with van der Waals surface area (Å²) in [5.41, 5.74) is 2.80. The maximum atomic E-state index is 11.3. The highest BCUT2D eigenvalue weighted by molar-refractivity contribution is 5.81. The zero-order chi connectivity index (χ0) is 15.6. The zero-order valence-corrected chi connectivity index (χ0v) is 14.3. The molecule has 2 N–H and O–H groups in total. The zero-order valence-electron chi connectivity index (χ0n) is 13.6. The molecule has 23 heavy (non-hydrogen) atoms. The Hall–Kier alpha value is -1.79. The largest absolute Gasteiger partial charge is 1.00 e. The molecular weight excluding hydrogens is 306 g/mol. The van der Waals surface area contributed by atoms with Crippen molar-refractivity contribution in [3.8, 4) is 23.0 Å². The van der Waals surface area contributed by atoms with E-state index in [2.05, 4.69) is 37.8 Å². The van der Waals surface area contributed by atoms with Crippen molar-refractivity contribution in [3.05, 3.63) is 59.7 Å². The molecule has 120 valence electrons. The molecule has 2 nitrogen and oxygen atoms in total. The molecule has 3 rings (SSSR count). The molecule has 0 saturated carbocycles. The third-order valence-corrected chi connectivity index (χ3v) is 4.53. The summed E-state index contributed by atoms with van der Waals surface area (Å²) in [5.74, 6) is 6.37.